The third kappa shape index (κ3) is 3.82. The van der Waals surface area contributed by atoms with Gasteiger partial charge >= 0.3 is 5.63 Å². The standard InChI is InChI=1S/C30H42O8/c1-16-24(32)25(33)26(34)27(37-16)38-19-8-11-28(2)18(14-19)5-6-22-21(28)9-12-29(3)20(10-13-30(22,29)35)17-4-7-23(31)36-15-17/h4,7,14-16,19-22,24-27,32-35H,5-6,8-13H2,1-3H3/t16-,19?,20?,21?,22?,24-,25+,26+,27-,28?,29?,30?/m0/s1. The highest BCUT2D eigenvalue weighted by Gasteiger charge is 2.66. The van der Waals surface area contributed by atoms with Crippen LogP contribution in [0.15, 0.2) is 39.3 Å². The average molecular weight is 531 g/mol. The molecule has 8 heteroatoms. The zero-order valence-corrected chi connectivity index (χ0v) is 22.6. The van der Waals surface area contributed by atoms with Gasteiger partial charge in [-0.15, -0.1) is 0 Å². The maximum atomic E-state index is 12.4. The van der Waals surface area contributed by atoms with Crippen molar-refractivity contribution in [2.24, 2.45) is 22.7 Å². The predicted octanol–water partition coefficient (Wildman–Crippen LogP) is 3.01. The summed E-state index contributed by atoms with van der Waals surface area (Å²) < 4.78 is 17.0. The summed E-state index contributed by atoms with van der Waals surface area (Å²) in [5.41, 5.74) is 0.991. The number of allylic oxidation sites excluding steroid dienone is 1. The lowest BCUT2D eigenvalue weighted by Crippen LogP contribution is -2.60. The minimum absolute atomic E-state index is 0.0213. The van der Waals surface area contributed by atoms with E-state index in [4.69, 9.17) is 13.9 Å². The van der Waals surface area contributed by atoms with Crippen LogP contribution in [0.3, 0.4) is 0 Å². The highest BCUT2D eigenvalue weighted by atomic mass is 16.7. The number of fused-ring (bicyclic) bond motifs is 5. The monoisotopic (exact) mass is 530 g/mol. The first kappa shape index (κ1) is 26.7. The summed E-state index contributed by atoms with van der Waals surface area (Å²) in [6.07, 6.45) is 5.32. The van der Waals surface area contributed by atoms with E-state index in [2.05, 4.69) is 19.9 Å². The summed E-state index contributed by atoms with van der Waals surface area (Å²) in [5, 5.41) is 43.0. The van der Waals surface area contributed by atoms with Gasteiger partial charge in [0, 0.05) is 11.5 Å². The Kier molecular flexibility index (Phi) is 6.49. The van der Waals surface area contributed by atoms with Gasteiger partial charge in [0.1, 0.15) is 18.3 Å². The van der Waals surface area contributed by atoms with Crippen LogP contribution in [-0.4, -0.2) is 62.8 Å². The number of aliphatic hydroxyl groups excluding tert-OH is 3. The second-order valence-electron chi connectivity index (χ2n) is 13.1. The zero-order chi connectivity index (χ0) is 27.0. The highest BCUT2D eigenvalue weighted by molar-refractivity contribution is 5.31. The first-order valence-electron chi connectivity index (χ1n) is 14.4. The van der Waals surface area contributed by atoms with Crippen LogP contribution in [0, 0.1) is 22.7 Å². The molecule has 210 valence electrons. The third-order valence-electron chi connectivity index (χ3n) is 11.5. The van der Waals surface area contributed by atoms with Crippen molar-refractivity contribution in [2.75, 3.05) is 0 Å². The Hall–Kier alpha value is -1.55. The van der Waals surface area contributed by atoms with Gasteiger partial charge in [-0.2, -0.15) is 0 Å². The molecule has 0 aromatic carbocycles. The van der Waals surface area contributed by atoms with Crippen molar-refractivity contribution >= 4 is 0 Å². The second-order valence-corrected chi connectivity index (χ2v) is 13.1. The fourth-order valence-electron chi connectivity index (χ4n) is 9.17. The number of ether oxygens (including phenoxy) is 2. The van der Waals surface area contributed by atoms with Crippen molar-refractivity contribution in [3.63, 3.8) is 0 Å². The van der Waals surface area contributed by atoms with Gasteiger partial charge in [0.25, 0.3) is 0 Å². The van der Waals surface area contributed by atoms with E-state index in [-0.39, 0.29) is 34.4 Å². The predicted molar refractivity (Wildman–Crippen MR) is 138 cm³/mol. The lowest BCUT2D eigenvalue weighted by atomic mass is 9.45. The molecule has 0 amide bonds. The number of hydrogen-bond donors (Lipinski definition) is 4. The van der Waals surface area contributed by atoms with Gasteiger partial charge in [0.2, 0.25) is 0 Å². The van der Waals surface area contributed by atoms with Crippen LogP contribution in [0.4, 0.5) is 0 Å². The third-order valence-corrected chi connectivity index (χ3v) is 11.5. The van der Waals surface area contributed by atoms with Crippen LogP contribution >= 0.6 is 0 Å². The normalized spacial score (nSPS) is 50.5. The van der Waals surface area contributed by atoms with Crippen molar-refractivity contribution in [1.29, 1.82) is 0 Å². The minimum atomic E-state index is -1.31. The number of hydrogen-bond acceptors (Lipinski definition) is 8. The van der Waals surface area contributed by atoms with Crippen molar-refractivity contribution in [1.82, 2.24) is 0 Å². The van der Waals surface area contributed by atoms with E-state index in [1.54, 1.807) is 13.2 Å². The molecule has 38 heavy (non-hydrogen) atoms. The maximum Gasteiger partial charge on any atom is 0.335 e. The Bertz CT molecular complexity index is 1130. The Morgan fingerprint density at radius 1 is 0.947 bits per heavy atom. The molecule has 0 spiro atoms. The van der Waals surface area contributed by atoms with Crippen LogP contribution in [-0.2, 0) is 9.47 Å². The van der Waals surface area contributed by atoms with E-state index in [9.17, 15) is 25.2 Å². The zero-order valence-electron chi connectivity index (χ0n) is 22.6. The minimum Gasteiger partial charge on any atom is -0.431 e. The van der Waals surface area contributed by atoms with Gasteiger partial charge in [0.05, 0.1) is 24.1 Å². The molecule has 8 nitrogen and oxygen atoms in total. The lowest BCUT2D eigenvalue weighted by Gasteiger charge is -2.62. The van der Waals surface area contributed by atoms with Gasteiger partial charge < -0.3 is 34.3 Å². The molecular formula is C30H42O8. The van der Waals surface area contributed by atoms with Gasteiger partial charge in [-0.1, -0.05) is 25.5 Å². The molecule has 12 atom stereocenters. The molecule has 7 unspecified atom stereocenters. The smallest absolute Gasteiger partial charge is 0.335 e. The molecule has 4 aliphatic carbocycles. The van der Waals surface area contributed by atoms with Crippen LogP contribution in [0.2, 0.25) is 0 Å². The Morgan fingerprint density at radius 3 is 2.47 bits per heavy atom. The molecule has 1 saturated heterocycles. The summed E-state index contributed by atoms with van der Waals surface area (Å²) in [5.74, 6) is 0.759. The van der Waals surface area contributed by atoms with Crippen LogP contribution < -0.4 is 5.63 Å². The first-order valence-corrected chi connectivity index (χ1v) is 14.4. The molecule has 5 aliphatic rings. The fraction of sp³-hybridized carbons (Fsp3) is 0.767. The highest BCUT2D eigenvalue weighted by Crippen LogP contribution is 2.70. The van der Waals surface area contributed by atoms with E-state index in [0.29, 0.717) is 5.92 Å². The Labute approximate surface area is 223 Å². The molecule has 3 saturated carbocycles. The van der Waals surface area contributed by atoms with E-state index in [0.717, 1.165) is 56.9 Å². The summed E-state index contributed by atoms with van der Waals surface area (Å²) in [6, 6.07) is 3.36. The van der Waals surface area contributed by atoms with Crippen LogP contribution in [0.5, 0.6) is 0 Å². The summed E-state index contributed by atoms with van der Waals surface area (Å²) >= 11 is 0. The Morgan fingerprint density at radius 2 is 1.74 bits per heavy atom. The summed E-state index contributed by atoms with van der Waals surface area (Å²) in [6.45, 7) is 6.26. The molecule has 1 aromatic rings. The fourth-order valence-corrected chi connectivity index (χ4v) is 9.17. The van der Waals surface area contributed by atoms with E-state index < -0.39 is 36.3 Å². The molecule has 0 bridgehead atoms. The lowest BCUT2D eigenvalue weighted by molar-refractivity contribution is -0.301. The van der Waals surface area contributed by atoms with Crippen molar-refractivity contribution in [3.05, 3.63) is 46.0 Å². The van der Waals surface area contributed by atoms with Crippen molar-refractivity contribution in [2.45, 2.75) is 120 Å². The number of aliphatic hydroxyl groups is 4. The quantitative estimate of drug-likeness (QED) is 0.439. The van der Waals surface area contributed by atoms with Gasteiger partial charge in [0.15, 0.2) is 6.29 Å². The first-order chi connectivity index (χ1) is 18.0. The molecule has 2 heterocycles. The molecule has 4 N–H and O–H groups in total. The SMILES string of the molecule is C[C@@H]1O[C@@H](OC2C=C3CCC4C(CCC5(C)C(c6ccc(=O)oc6)CCC45O)C3(C)CC2)[C@H](O)[C@H](O)[C@H]1O. The van der Waals surface area contributed by atoms with Crippen LogP contribution in [0.25, 0.3) is 0 Å². The van der Waals surface area contributed by atoms with Gasteiger partial charge in [-0.3, -0.25) is 0 Å². The molecule has 4 fully saturated rings. The van der Waals surface area contributed by atoms with E-state index in [1.165, 1.54) is 11.6 Å². The van der Waals surface area contributed by atoms with Crippen LogP contribution in [0.1, 0.15) is 83.6 Å². The molecule has 6 rings (SSSR count). The topological polar surface area (TPSA) is 130 Å². The number of rotatable bonds is 3. The largest absolute Gasteiger partial charge is 0.431 e. The van der Waals surface area contributed by atoms with Gasteiger partial charge in [-0.05, 0) is 93.1 Å². The van der Waals surface area contributed by atoms with E-state index >= 15 is 0 Å². The Balaban J connectivity index is 1.21. The molecule has 1 aliphatic heterocycles. The average Bonchev–Trinajstić information content (AvgIpc) is 3.18. The van der Waals surface area contributed by atoms with Crippen molar-refractivity contribution in [3.8, 4) is 0 Å². The summed E-state index contributed by atoms with van der Waals surface area (Å²) in [4.78, 5) is 11.5. The molecule has 1 aromatic heterocycles. The molecule has 0 radical (unpaired) electrons. The molecular weight excluding hydrogens is 488 g/mol. The summed E-state index contributed by atoms with van der Waals surface area (Å²) in [7, 11) is 0. The van der Waals surface area contributed by atoms with Gasteiger partial charge in [-0.25, -0.2) is 4.79 Å². The van der Waals surface area contributed by atoms with Crippen molar-refractivity contribution < 1.29 is 34.3 Å². The maximum absolute atomic E-state index is 12.4. The van der Waals surface area contributed by atoms with E-state index in [1.807, 2.05) is 6.07 Å². The second kappa shape index (κ2) is 9.25.